The predicted octanol–water partition coefficient (Wildman–Crippen LogP) is 2.01. The summed E-state index contributed by atoms with van der Waals surface area (Å²) in [5, 5.41) is 7.48. The van der Waals surface area contributed by atoms with Gasteiger partial charge in [0.05, 0.1) is 17.8 Å². The van der Waals surface area contributed by atoms with Crippen LogP contribution >= 0.6 is 11.6 Å². The number of halogens is 1. The minimum absolute atomic E-state index is 0.638. The highest BCUT2D eigenvalue weighted by Gasteiger charge is 2.00. The van der Waals surface area contributed by atoms with Crippen LogP contribution in [0, 0.1) is 0 Å². The molecule has 0 aliphatic rings. The number of pyridine rings is 1. The van der Waals surface area contributed by atoms with Crippen molar-refractivity contribution >= 4 is 11.6 Å². The molecule has 0 spiro atoms. The van der Waals surface area contributed by atoms with Crippen LogP contribution < -0.4 is 5.32 Å². The lowest BCUT2D eigenvalue weighted by Gasteiger charge is -2.03. The maximum atomic E-state index is 5.95. The van der Waals surface area contributed by atoms with Crippen LogP contribution in [0.25, 0.3) is 0 Å². The van der Waals surface area contributed by atoms with Gasteiger partial charge in [-0.25, -0.2) is 0 Å². The van der Waals surface area contributed by atoms with Gasteiger partial charge in [-0.3, -0.25) is 4.98 Å². The molecule has 0 bridgehead atoms. The molecule has 1 N–H and O–H groups in total. The third-order valence-electron chi connectivity index (χ3n) is 1.96. The average Bonchev–Trinajstić information content (AvgIpc) is 2.74. The first kappa shape index (κ1) is 10.1. The highest BCUT2D eigenvalue weighted by atomic mass is 35.5. The van der Waals surface area contributed by atoms with Crippen LogP contribution in [0.15, 0.2) is 35.2 Å². The van der Waals surface area contributed by atoms with Gasteiger partial charge in [0.25, 0.3) is 0 Å². The normalized spacial score (nSPS) is 10.5. The van der Waals surface area contributed by atoms with Crippen molar-refractivity contribution in [2.45, 2.75) is 13.1 Å². The van der Waals surface area contributed by atoms with Crippen LogP contribution in [0.2, 0.25) is 5.02 Å². The van der Waals surface area contributed by atoms with Gasteiger partial charge in [-0.2, -0.15) is 0 Å². The summed E-state index contributed by atoms with van der Waals surface area (Å²) in [4.78, 5) is 3.91. The van der Waals surface area contributed by atoms with E-state index in [1.807, 2.05) is 12.1 Å². The Morgan fingerprint density at radius 2 is 2.20 bits per heavy atom. The molecule has 0 aliphatic carbocycles. The zero-order valence-corrected chi connectivity index (χ0v) is 8.74. The fourth-order valence-corrected chi connectivity index (χ4v) is 1.39. The van der Waals surface area contributed by atoms with Crippen molar-refractivity contribution in [3.05, 3.63) is 47.1 Å². The quantitative estimate of drug-likeness (QED) is 0.862. The summed E-state index contributed by atoms with van der Waals surface area (Å²) in [7, 11) is 0. The molecule has 4 nitrogen and oxygen atoms in total. The Balaban J connectivity index is 1.86. The van der Waals surface area contributed by atoms with Gasteiger partial charge in [-0.1, -0.05) is 16.8 Å². The summed E-state index contributed by atoms with van der Waals surface area (Å²) >= 11 is 5.95. The lowest BCUT2D eigenvalue weighted by atomic mass is 10.2. The molecule has 0 radical (unpaired) electrons. The Bertz CT molecular complexity index is 416. The number of hydrogen-bond acceptors (Lipinski definition) is 4. The van der Waals surface area contributed by atoms with Gasteiger partial charge in [-0.05, 0) is 11.6 Å². The van der Waals surface area contributed by atoms with E-state index >= 15 is 0 Å². The Kier molecular flexibility index (Phi) is 3.32. The van der Waals surface area contributed by atoms with E-state index in [4.69, 9.17) is 16.1 Å². The third-order valence-corrected chi connectivity index (χ3v) is 2.30. The van der Waals surface area contributed by atoms with Gasteiger partial charge in [0.15, 0.2) is 0 Å². The SMILES string of the molecule is Clc1cnccc1CNCc1ccno1. The molecule has 0 amide bonds. The second-order valence-corrected chi connectivity index (χ2v) is 3.46. The van der Waals surface area contributed by atoms with Crippen molar-refractivity contribution in [1.82, 2.24) is 15.5 Å². The summed E-state index contributed by atoms with van der Waals surface area (Å²) in [5.74, 6) is 0.806. The lowest BCUT2D eigenvalue weighted by Crippen LogP contribution is -2.12. The first-order chi connectivity index (χ1) is 7.36. The van der Waals surface area contributed by atoms with Gasteiger partial charge >= 0.3 is 0 Å². The number of nitrogens with zero attached hydrogens (tertiary/aromatic N) is 2. The zero-order chi connectivity index (χ0) is 10.5. The molecule has 5 heteroatoms. The lowest BCUT2D eigenvalue weighted by molar-refractivity contribution is 0.373. The van der Waals surface area contributed by atoms with E-state index in [1.54, 1.807) is 18.6 Å². The average molecular weight is 224 g/mol. The number of nitrogens with one attached hydrogen (secondary N) is 1. The van der Waals surface area contributed by atoms with Gasteiger partial charge in [0.2, 0.25) is 0 Å². The van der Waals surface area contributed by atoms with Crippen molar-refractivity contribution in [3.8, 4) is 0 Å². The standard InChI is InChI=1S/C10H10ClN3O/c11-10-7-12-3-1-8(10)5-13-6-9-2-4-14-15-9/h1-4,7,13H,5-6H2. The molecule has 0 aliphatic heterocycles. The Labute approximate surface area is 92.3 Å². The monoisotopic (exact) mass is 223 g/mol. The maximum Gasteiger partial charge on any atom is 0.150 e. The van der Waals surface area contributed by atoms with Crippen LogP contribution in [-0.2, 0) is 13.1 Å². The molecule has 2 aromatic rings. The molecule has 15 heavy (non-hydrogen) atoms. The Morgan fingerprint density at radius 1 is 1.27 bits per heavy atom. The fourth-order valence-electron chi connectivity index (χ4n) is 1.20. The molecule has 0 aromatic carbocycles. The molecular formula is C10H10ClN3O. The molecule has 2 heterocycles. The number of hydrogen-bond donors (Lipinski definition) is 1. The van der Waals surface area contributed by atoms with E-state index < -0.39 is 0 Å². The minimum Gasteiger partial charge on any atom is -0.360 e. The van der Waals surface area contributed by atoms with Crippen molar-refractivity contribution < 1.29 is 4.52 Å². The molecule has 0 fully saturated rings. The number of aromatic nitrogens is 2. The summed E-state index contributed by atoms with van der Waals surface area (Å²) in [6.45, 7) is 1.32. The summed E-state index contributed by atoms with van der Waals surface area (Å²) in [5.41, 5.74) is 1.02. The predicted molar refractivity (Wildman–Crippen MR) is 56.3 cm³/mol. The first-order valence-electron chi connectivity index (χ1n) is 4.55. The molecule has 0 unspecified atom stereocenters. The molecule has 0 saturated heterocycles. The van der Waals surface area contributed by atoms with E-state index in [0.717, 1.165) is 11.3 Å². The van der Waals surface area contributed by atoms with Crippen LogP contribution in [-0.4, -0.2) is 10.1 Å². The van der Waals surface area contributed by atoms with E-state index in [1.165, 1.54) is 0 Å². The van der Waals surface area contributed by atoms with E-state index in [-0.39, 0.29) is 0 Å². The van der Waals surface area contributed by atoms with Crippen LogP contribution in [0.1, 0.15) is 11.3 Å². The van der Waals surface area contributed by atoms with E-state index in [0.29, 0.717) is 18.1 Å². The zero-order valence-electron chi connectivity index (χ0n) is 7.98. The van der Waals surface area contributed by atoms with Crippen molar-refractivity contribution in [2.75, 3.05) is 0 Å². The van der Waals surface area contributed by atoms with Gasteiger partial charge in [-0.15, -0.1) is 0 Å². The van der Waals surface area contributed by atoms with Crippen molar-refractivity contribution in [2.24, 2.45) is 0 Å². The second kappa shape index (κ2) is 4.91. The highest BCUT2D eigenvalue weighted by Crippen LogP contribution is 2.12. The maximum absolute atomic E-state index is 5.95. The topological polar surface area (TPSA) is 51.0 Å². The van der Waals surface area contributed by atoms with Crippen molar-refractivity contribution in [3.63, 3.8) is 0 Å². The van der Waals surface area contributed by atoms with Crippen LogP contribution in [0.5, 0.6) is 0 Å². The van der Waals surface area contributed by atoms with Crippen molar-refractivity contribution in [1.29, 1.82) is 0 Å². The number of rotatable bonds is 4. The highest BCUT2D eigenvalue weighted by molar-refractivity contribution is 6.31. The third kappa shape index (κ3) is 2.78. The molecule has 78 valence electrons. The molecular weight excluding hydrogens is 214 g/mol. The first-order valence-corrected chi connectivity index (χ1v) is 4.93. The molecule has 2 aromatic heterocycles. The van der Waals surface area contributed by atoms with Gasteiger partial charge in [0.1, 0.15) is 5.76 Å². The molecule has 2 rings (SSSR count). The van der Waals surface area contributed by atoms with Crippen LogP contribution in [0.4, 0.5) is 0 Å². The summed E-state index contributed by atoms with van der Waals surface area (Å²) in [6, 6.07) is 3.71. The largest absolute Gasteiger partial charge is 0.360 e. The van der Waals surface area contributed by atoms with Crippen LogP contribution in [0.3, 0.4) is 0 Å². The Morgan fingerprint density at radius 3 is 2.93 bits per heavy atom. The molecule has 0 atom stereocenters. The van der Waals surface area contributed by atoms with E-state index in [2.05, 4.69) is 15.5 Å². The Hall–Kier alpha value is -1.39. The van der Waals surface area contributed by atoms with Gasteiger partial charge in [0, 0.05) is 25.0 Å². The fraction of sp³-hybridized carbons (Fsp3) is 0.200. The summed E-state index contributed by atoms with van der Waals surface area (Å²) in [6.07, 6.45) is 4.97. The smallest absolute Gasteiger partial charge is 0.150 e. The minimum atomic E-state index is 0.638. The van der Waals surface area contributed by atoms with E-state index in [9.17, 15) is 0 Å². The van der Waals surface area contributed by atoms with Gasteiger partial charge < -0.3 is 9.84 Å². The molecule has 0 saturated carbocycles. The summed E-state index contributed by atoms with van der Waals surface area (Å²) < 4.78 is 4.94. The second-order valence-electron chi connectivity index (χ2n) is 3.05.